The van der Waals surface area contributed by atoms with E-state index in [2.05, 4.69) is 20.6 Å². The summed E-state index contributed by atoms with van der Waals surface area (Å²) in [7, 11) is 0. The molecule has 8 heteroatoms. The zero-order valence-electron chi connectivity index (χ0n) is 12.7. The Kier molecular flexibility index (Phi) is 3.16. The van der Waals surface area contributed by atoms with Crippen LogP contribution in [0.2, 0.25) is 0 Å². The van der Waals surface area contributed by atoms with E-state index >= 15 is 0 Å². The predicted octanol–water partition coefficient (Wildman–Crippen LogP) is 1.06. The molecule has 2 heterocycles. The Balaban J connectivity index is 1.61. The lowest BCUT2D eigenvalue weighted by Gasteiger charge is -2.21. The molecule has 124 valence electrons. The van der Waals surface area contributed by atoms with Gasteiger partial charge in [-0.2, -0.15) is 0 Å². The van der Waals surface area contributed by atoms with Crippen LogP contribution in [0.1, 0.15) is 41.9 Å². The largest absolute Gasteiger partial charge is 0.340 e. The third kappa shape index (κ3) is 2.44. The first kappa shape index (κ1) is 14.8. The quantitative estimate of drug-likeness (QED) is 0.732. The second-order valence-corrected chi connectivity index (χ2v) is 6.23. The molecule has 24 heavy (non-hydrogen) atoms. The number of aromatic amines is 1. The van der Waals surface area contributed by atoms with E-state index < -0.39 is 23.5 Å². The number of imide groups is 1. The van der Waals surface area contributed by atoms with Crippen molar-refractivity contribution in [2.45, 2.75) is 37.4 Å². The van der Waals surface area contributed by atoms with Crippen molar-refractivity contribution in [3.63, 3.8) is 0 Å². The number of piperidine rings is 1. The van der Waals surface area contributed by atoms with Gasteiger partial charge in [0, 0.05) is 6.42 Å². The van der Waals surface area contributed by atoms with Gasteiger partial charge in [-0.1, -0.05) is 6.07 Å². The SMILES string of the molecule is O=C1CCC(NC(=O)c2cccc3[nH]c(C4(F)CC4)nc23)C(=O)N1. The number of alkyl halides is 1. The van der Waals surface area contributed by atoms with Crippen LogP contribution in [-0.2, 0) is 15.3 Å². The van der Waals surface area contributed by atoms with Gasteiger partial charge in [-0.05, 0) is 31.4 Å². The number of amides is 3. The normalized spacial score (nSPS) is 22.3. The number of aromatic nitrogens is 2. The number of nitrogens with one attached hydrogen (secondary N) is 3. The molecule has 0 radical (unpaired) electrons. The summed E-state index contributed by atoms with van der Waals surface area (Å²) in [5, 5.41) is 4.80. The zero-order chi connectivity index (χ0) is 16.9. The number of fused-ring (bicyclic) bond motifs is 1. The fraction of sp³-hybridized carbons (Fsp3) is 0.375. The molecule has 0 bridgehead atoms. The Labute approximate surface area is 136 Å². The molecule has 2 aromatic rings. The molecule has 3 amide bonds. The highest BCUT2D eigenvalue weighted by molar-refractivity contribution is 6.08. The Morgan fingerprint density at radius 1 is 1.33 bits per heavy atom. The number of H-pyrrole nitrogens is 1. The van der Waals surface area contributed by atoms with Crippen molar-refractivity contribution in [1.82, 2.24) is 20.6 Å². The number of carbonyl (C=O) groups is 3. The van der Waals surface area contributed by atoms with Gasteiger partial charge in [-0.3, -0.25) is 19.7 Å². The van der Waals surface area contributed by atoms with Gasteiger partial charge in [-0.25, -0.2) is 9.37 Å². The van der Waals surface area contributed by atoms with E-state index in [1.54, 1.807) is 18.2 Å². The average molecular weight is 330 g/mol. The van der Waals surface area contributed by atoms with Gasteiger partial charge in [0.1, 0.15) is 17.4 Å². The summed E-state index contributed by atoms with van der Waals surface area (Å²) in [5.41, 5.74) is -0.203. The van der Waals surface area contributed by atoms with Crippen LogP contribution in [0.25, 0.3) is 11.0 Å². The molecule has 0 spiro atoms. The standard InChI is InChI=1S/C16H15FN4O3/c17-16(6-7-16)15-19-9-3-1-2-8(12(9)21-15)13(23)18-10-4-5-11(22)20-14(10)24/h1-3,10H,4-7H2,(H,18,23)(H,19,21)(H,20,22,24). The van der Waals surface area contributed by atoms with Crippen molar-refractivity contribution in [2.24, 2.45) is 0 Å². The topological polar surface area (TPSA) is 104 Å². The van der Waals surface area contributed by atoms with Crippen LogP contribution in [0.3, 0.4) is 0 Å². The zero-order valence-corrected chi connectivity index (χ0v) is 12.7. The van der Waals surface area contributed by atoms with Crippen molar-refractivity contribution >= 4 is 28.8 Å². The molecule has 1 aliphatic carbocycles. The lowest BCUT2D eigenvalue weighted by molar-refractivity contribution is -0.134. The summed E-state index contributed by atoms with van der Waals surface area (Å²) in [5.74, 6) is -1.10. The Hall–Kier alpha value is -2.77. The van der Waals surface area contributed by atoms with E-state index in [1.807, 2.05) is 0 Å². The van der Waals surface area contributed by atoms with Crippen LogP contribution in [0.15, 0.2) is 18.2 Å². The van der Waals surface area contributed by atoms with Crippen molar-refractivity contribution in [3.05, 3.63) is 29.6 Å². The maximum absolute atomic E-state index is 14.2. The average Bonchev–Trinajstić information content (AvgIpc) is 3.14. The molecule has 4 rings (SSSR count). The van der Waals surface area contributed by atoms with Crippen LogP contribution >= 0.6 is 0 Å². The molecule has 1 aromatic carbocycles. The van der Waals surface area contributed by atoms with E-state index in [9.17, 15) is 18.8 Å². The third-order valence-electron chi connectivity index (χ3n) is 4.42. The van der Waals surface area contributed by atoms with Crippen molar-refractivity contribution in [1.29, 1.82) is 0 Å². The van der Waals surface area contributed by atoms with Gasteiger partial charge in [-0.15, -0.1) is 0 Å². The number of rotatable bonds is 3. The first-order valence-electron chi connectivity index (χ1n) is 7.79. The number of para-hydroxylation sites is 1. The number of benzene rings is 1. The monoisotopic (exact) mass is 330 g/mol. The Bertz CT molecular complexity index is 871. The molecule has 1 aliphatic heterocycles. The fourth-order valence-electron chi connectivity index (χ4n) is 2.84. The summed E-state index contributed by atoms with van der Waals surface area (Å²) < 4.78 is 14.2. The summed E-state index contributed by atoms with van der Waals surface area (Å²) in [4.78, 5) is 42.6. The fourth-order valence-corrected chi connectivity index (χ4v) is 2.84. The van der Waals surface area contributed by atoms with E-state index in [0.29, 0.717) is 23.9 Å². The third-order valence-corrected chi connectivity index (χ3v) is 4.42. The number of nitrogens with zero attached hydrogens (tertiary/aromatic N) is 1. The number of carbonyl (C=O) groups excluding carboxylic acids is 3. The highest BCUT2D eigenvalue weighted by atomic mass is 19.1. The molecular weight excluding hydrogens is 315 g/mol. The predicted molar refractivity (Wildman–Crippen MR) is 81.8 cm³/mol. The lowest BCUT2D eigenvalue weighted by Crippen LogP contribution is -2.52. The Morgan fingerprint density at radius 2 is 2.12 bits per heavy atom. The van der Waals surface area contributed by atoms with E-state index in [-0.39, 0.29) is 30.1 Å². The number of hydrogen-bond acceptors (Lipinski definition) is 4. The summed E-state index contributed by atoms with van der Waals surface area (Å²) in [6.45, 7) is 0. The molecule has 1 atom stereocenters. The molecule has 1 aromatic heterocycles. The van der Waals surface area contributed by atoms with Crippen molar-refractivity contribution in [3.8, 4) is 0 Å². The summed E-state index contributed by atoms with van der Waals surface area (Å²) in [6, 6.07) is 4.20. The van der Waals surface area contributed by atoms with Gasteiger partial charge in [0.2, 0.25) is 11.8 Å². The molecular formula is C16H15FN4O3. The maximum Gasteiger partial charge on any atom is 0.254 e. The first-order valence-corrected chi connectivity index (χ1v) is 7.79. The first-order chi connectivity index (χ1) is 11.5. The van der Waals surface area contributed by atoms with E-state index in [0.717, 1.165) is 0 Å². The molecule has 2 fully saturated rings. The van der Waals surface area contributed by atoms with Gasteiger partial charge < -0.3 is 10.3 Å². The lowest BCUT2D eigenvalue weighted by atomic mass is 10.1. The van der Waals surface area contributed by atoms with E-state index in [4.69, 9.17) is 0 Å². The summed E-state index contributed by atoms with van der Waals surface area (Å²) >= 11 is 0. The Morgan fingerprint density at radius 3 is 2.83 bits per heavy atom. The molecule has 1 saturated heterocycles. The van der Waals surface area contributed by atoms with Crippen LogP contribution in [0.5, 0.6) is 0 Å². The van der Waals surface area contributed by atoms with Crippen LogP contribution in [0.4, 0.5) is 4.39 Å². The van der Waals surface area contributed by atoms with Gasteiger partial charge in [0.15, 0.2) is 5.67 Å². The maximum atomic E-state index is 14.2. The second-order valence-electron chi connectivity index (χ2n) is 6.23. The van der Waals surface area contributed by atoms with Crippen LogP contribution in [0, 0.1) is 0 Å². The molecule has 2 aliphatic rings. The minimum Gasteiger partial charge on any atom is -0.340 e. The van der Waals surface area contributed by atoms with Crippen LogP contribution in [-0.4, -0.2) is 33.7 Å². The number of imidazole rings is 1. The van der Waals surface area contributed by atoms with Crippen molar-refractivity contribution in [2.75, 3.05) is 0 Å². The van der Waals surface area contributed by atoms with Gasteiger partial charge in [0.05, 0.1) is 11.1 Å². The molecule has 3 N–H and O–H groups in total. The smallest absolute Gasteiger partial charge is 0.254 e. The second kappa shape index (κ2) is 5.12. The number of halogens is 1. The molecule has 1 saturated carbocycles. The van der Waals surface area contributed by atoms with Crippen LogP contribution < -0.4 is 10.6 Å². The highest BCUT2D eigenvalue weighted by Crippen LogP contribution is 2.48. The van der Waals surface area contributed by atoms with E-state index in [1.165, 1.54) is 0 Å². The highest BCUT2D eigenvalue weighted by Gasteiger charge is 2.48. The van der Waals surface area contributed by atoms with Gasteiger partial charge in [0.25, 0.3) is 5.91 Å². The van der Waals surface area contributed by atoms with Crippen molar-refractivity contribution < 1.29 is 18.8 Å². The minimum atomic E-state index is -1.42. The molecule has 7 nitrogen and oxygen atoms in total. The number of hydrogen-bond donors (Lipinski definition) is 3. The summed E-state index contributed by atoms with van der Waals surface area (Å²) in [6.07, 6.45) is 1.28. The minimum absolute atomic E-state index is 0.178. The molecule has 1 unspecified atom stereocenters. The van der Waals surface area contributed by atoms with Gasteiger partial charge >= 0.3 is 0 Å².